The molecule has 1 aliphatic heterocycles. The summed E-state index contributed by atoms with van der Waals surface area (Å²) in [5, 5.41) is 16.6. The van der Waals surface area contributed by atoms with Crippen molar-refractivity contribution in [3.8, 4) is 6.07 Å². The van der Waals surface area contributed by atoms with E-state index in [4.69, 9.17) is 0 Å². The van der Waals surface area contributed by atoms with Crippen LogP contribution in [-0.2, 0) is 11.3 Å². The quantitative estimate of drug-likeness (QED) is 0.891. The molecule has 1 fully saturated rings. The Morgan fingerprint density at radius 1 is 1.35 bits per heavy atom. The van der Waals surface area contributed by atoms with Gasteiger partial charge in [0.2, 0.25) is 5.91 Å². The number of aryl methyl sites for hydroxylation is 1. The molecule has 0 atom stereocenters. The van der Waals surface area contributed by atoms with Gasteiger partial charge in [-0.05, 0) is 38.7 Å². The standard InChI is InChI=1S/C18H21N5O2S/c1-12-13(2)26-18(15(12)9-19)21-16(24)11-23-17(25)8-14(10-20-23)22-6-4-3-5-7-22/h8,10H,3-7,11H2,1-2H3,(H,21,24). The van der Waals surface area contributed by atoms with Crippen LogP contribution in [0.3, 0.4) is 0 Å². The van der Waals surface area contributed by atoms with Gasteiger partial charge in [0.05, 0.1) is 17.4 Å². The fourth-order valence-electron chi connectivity index (χ4n) is 3.02. The number of aromatic nitrogens is 2. The number of carbonyl (C=O) groups is 1. The van der Waals surface area contributed by atoms with Crippen LogP contribution in [0.2, 0.25) is 0 Å². The molecule has 0 radical (unpaired) electrons. The number of nitrogens with zero attached hydrogens (tertiary/aromatic N) is 4. The van der Waals surface area contributed by atoms with E-state index in [1.54, 1.807) is 6.20 Å². The zero-order valence-corrected chi connectivity index (χ0v) is 15.7. The predicted octanol–water partition coefficient (Wildman–Crippen LogP) is 2.42. The molecule has 136 valence electrons. The average Bonchev–Trinajstić information content (AvgIpc) is 2.90. The Balaban J connectivity index is 1.71. The van der Waals surface area contributed by atoms with E-state index in [2.05, 4.69) is 21.4 Å². The maximum absolute atomic E-state index is 12.3. The SMILES string of the molecule is Cc1sc(NC(=O)Cn2ncc(N3CCCCC3)cc2=O)c(C#N)c1C. The summed E-state index contributed by atoms with van der Waals surface area (Å²) in [6, 6.07) is 3.65. The topological polar surface area (TPSA) is 91.0 Å². The minimum absolute atomic E-state index is 0.181. The van der Waals surface area contributed by atoms with Crippen molar-refractivity contribution in [2.24, 2.45) is 0 Å². The van der Waals surface area contributed by atoms with Crippen LogP contribution in [0.5, 0.6) is 0 Å². The first kappa shape index (κ1) is 18.1. The molecule has 2 aromatic rings. The van der Waals surface area contributed by atoms with Crippen molar-refractivity contribution >= 4 is 27.9 Å². The van der Waals surface area contributed by atoms with Crippen LogP contribution in [0.4, 0.5) is 10.7 Å². The Morgan fingerprint density at radius 3 is 2.73 bits per heavy atom. The second kappa shape index (κ2) is 7.70. The lowest BCUT2D eigenvalue weighted by molar-refractivity contribution is -0.117. The van der Waals surface area contributed by atoms with Gasteiger partial charge in [-0.25, -0.2) is 4.68 Å². The second-order valence-corrected chi connectivity index (χ2v) is 7.63. The van der Waals surface area contributed by atoms with Crippen molar-refractivity contribution in [2.45, 2.75) is 39.7 Å². The molecular weight excluding hydrogens is 350 g/mol. The van der Waals surface area contributed by atoms with Crippen LogP contribution in [0.25, 0.3) is 0 Å². The summed E-state index contributed by atoms with van der Waals surface area (Å²) in [6.07, 6.45) is 5.09. The molecule has 3 rings (SSSR count). The molecule has 8 heteroatoms. The van der Waals surface area contributed by atoms with E-state index < -0.39 is 0 Å². The third-order valence-corrected chi connectivity index (χ3v) is 5.74. The summed E-state index contributed by atoms with van der Waals surface area (Å²) >= 11 is 1.36. The Kier molecular flexibility index (Phi) is 5.38. The monoisotopic (exact) mass is 371 g/mol. The molecule has 2 aromatic heterocycles. The minimum Gasteiger partial charge on any atom is -0.370 e. The number of hydrogen-bond donors (Lipinski definition) is 1. The van der Waals surface area contributed by atoms with Crippen LogP contribution in [0.1, 0.15) is 35.3 Å². The number of piperidine rings is 1. The first-order valence-electron chi connectivity index (χ1n) is 8.61. The van der Waals surface area contributed by atoms with E-state index in [0.717, 1.165) is 46.7 Å². The molecule has 0 spiro atoms. The minimum atomic E-state index is -0.372. The van der Waals surface area contributed by atoms with Crippen LogP contribution in [0, 0.1) is 25.2 Å². The number of nitrogens with one attached hydrogen (secondary N) is 1. The highest BCUT2D eigenvalue weighted by molar-refractivity contribution is 7.16. The van der Waals surface area contributed by atoms with Crippen molar-refractivity contribution in [1.29, 1.82) is 5.26 Å². The number of thiophene rings is 1. The fourth-order valence-corrected chi connectivity index (χ4v) is 4.05. The first-order chi connectivity index (χ1) is 12.5. The van der Waals surface area contributed by atoms with Crippen molar-refractivity contribution in [2.75, 3.05) is 23.3 Å². The van der Waals surface area contributed by atoms with Gasteiger partial charge in [0.15, 0.2) is 0 Å². The number of nitriles is 1. The second-order valence-electron chi connectivity index (χ2n) is 6.40. The van der Waals surface area contributed by atoms with Gasteiger partial charge in [-0.1, -0.05) is 0 Å². The third-order valence-electron chi connectivity index (χ3n) is 4.62. The lowest BCUT2D eigenvalue weighted by atomic mass is 10.1. The normalized spacial score (nSPS) is 14.1. The zero-order valence-electron chi connectivity index (χ0n) is 14.9. The molecule has 3 heterocycles. The van der Waals surface area contributed by atoms with Crippen LogP contribution < -0.4 is 15.8 Å². The number of rotatable bonds is 4. The average molecular weight is 371 g/mol. The third kappa shape index (κ3) is 3.78. The van der Waals surface area contributed by atoms with Crippen LogP contribution in [-0.4, -0.2) is 28.8 Å². The van der Waals surface area contributed by atoms with Gasteiger partial charge >= 0.3 is 0 Å². The Bertz CT molecular complexity index is 919. The van der Waals surface area contributed by atoms with Gasteiger partial charge in [-0.2, -0.15) is 10.4 Å². The van der Waals surface area contributed by atoms with Crippen molar-refractivity contribution in [3.63, 3.8) is 0 Å². The molecule has 0 aliphatic carbocycles. The van der Waals surface area contributed by atoms with Crippen molar-refractivity contribution in [1.82, 2.24) is 9.78 Å². The maximum atomic E-state index is 12.3. The van der Waals surface area contributed by atoms with Crippen molar-refractivity contribution in [3.05, 3.63) is 38.6 Å². The highest BCUT2D eigenvalue weighted by atomic mass is 32.1. The summed E-state index contributed by atoms with van der Waals surface area (Å²) in [7, 11) is 0. The summed E-state index contributed by atoms with van der Waals surface area (Å²) in [5.41, 5.74) is 1.85. The first-order valence-corrected chi connectivity index (χ1v) is 9.43. The van der Waals surface area contributed by atoms with E-state index in [1.807, 2.05) is 13.8 Å². The Morgan fingerprint density at radius 2 is 2.08 bits per heavy atom. The van der Waals surface area contributed by atoms with Gasteiger partial charge in [-0.3, -0.25) is 9.59 Å². The Hall–Kier alpha value is -2.66. The number of hydrogen-bond acceptors (Lipinski definition) is 6. The van der Waals surface area contributed by atoms with Crippen LogP contribution in [0.15, 0.2) is 17.1 Å². The maximum Gasteiger partial charge on any atom is 0.269 e. The van der Waals surface area contributed by atoms with Crippen molar-refractivity contribution < 1.29 is 4.79 Å². The number of amides is 1. The molecule has 0 unspecified atom stereocenters. The smallest absolute Gasteiger partial charge is 0.269 e. The molecular formula is C18H21N5O2S. The highest BCUT2D eigenvalue weighted by Gasteiger charge is 2.16. The summed E-state index contributed by atoms with van der Waals surface area (Å²) < 4.78 is 1.14. The number of carbonyl (C=O) groups excluding carboxylic acids is 1. The molecule has 1 amide bonds. The van der Waals surface area contributed by atoms with E-state index in [0.29, 0.717) is 10.6 Å². The molecule has 1 N–H and O–H groups in total. The molecule has 1 aliphatic rings. The van der Waals surface area contributed by atoms with E-state index >= 15 is 0 Å². The van der Waals surface area contributed by atoms with Gasteiger partial charge in [0.25, 0.3) is 5.56 Å². The van der Waals surface area contributed by atoms with E-state index in [-0.39, 0.29) is 18.0 Å². The summed E-state index contributed by atoms with van der Waals surface area (Å²) in [5.74, 6) is -0.372. The van der Waals surface area contributed by atoms with Gasteiger partial charge < -0.3 is 10.2 Å². The molecule has 26 heavy (non-hydrogen) atoms. The molecule has 7 nitrogen and oxygen atoms in total. The van der Waals surface area contributed by atoms with Gasteiger partial charge in [-0.15, -0.1) is 11.3 Å². The summed E-state index contributed by atoms with van der Waals surface area (Å²) in [4.78, 5) is 27.7. The largest absolute Gasteiger partial charge is 0.370 e. The Labute approximate surface area is 155 Å². The van der Waals surface area contributed by atoms with Crippen LogP contribution >= 0.6 is 11.3 Å². The molecule has 0 aromatic carbocycles. The van der Waals surface area contributed by atoms with Gasteiger partial charge in [0.1, 0.15) is 17.6 Å². The van der Waals surface area contributed by atoms with E-state index in [1.165, 1.54) is 23.8 Å². The molecule has 0 bridgehead atoms. The molecule has 0 saturated carbocycles. The van der Waals surface area contributed by atoms with E-state index in [9.17, 15) is 14.9 Å². The predicted molar refractivity (Wildman–Crippen MR) is 102 cm³/mol. The highest BCUT2D eigenvalue weighted by Crippen LogP contribution is 2.31. The zero-order chi connectivity index (χ0) is 18.7. The lowest BCUT2D eigenvalue weighted by Gasteiger charge is -2.28. The fraction of sp³-hybridized carbons (Fsp3) is 0.444. The summed E-state index contributed by atoms with van der Waals surface area (Å²) in [6.45, 7) is 5.44. The number of anilines is 2. The van der Waals surface area contributed by atoms with Gasteiger partial charge in [0, 0.05) is 24.0 Å². The molecule has 1 saturated heterocycles. The lowest BCUT2D eigenvalue weighted by Crippen LogP contribution is -2.33.